The van der Waals surface area contributed by atoms with Crippen LogP contribution in [0.3, 0.4) is 0 Å². The van der Waals surface area contributed by atoms with Gasteiger partial charge in [-0.05, 0) is 31.7 Å². The molecule has 0 aliphatic rings. The average molecular weight is 293 g/mol. The summed E-state index contributed by atoms with van der Waals surface area (Å²) in [5.41, 5.74) is 1.93. The summed E-state index contributed by atoms with van der Waals surface area (Å²) in [4.78, 5) is 0. The topological polar surface area (TPSA) is 38.1 Å². The monoisotopic (exact) mass is 292 g/mol. The van der Waals surface area contributed by atoms with E-state index >= 15 is 0 Å². The van der Waals surface area contributed by atoms with Gasteiger partial charge in [-0.25, -0.2) is 0 Å². The van der Waals surface area contributed by atoms with Crippen molar-refractivity contribution in [3.05, 3.63) is 52.8 Å². The molecular weight excluding hydrogens is 272 g/mol. The highest BCUT2D eigenvalue weighted by Crippen LogP contribution is 2.32. The first kappa shape index (κ1) is 15.1. The second-order valence-corrected chi connectivity index (χ2v) is 5.89. The Kier molecular flexibility index (Phi) is 4.84. The number of benzene rings is 1. The van der Waals surface area contributed by atoms with Gasteiger partial charge in [-0.2, -0.15) is 5.10 Å². The molecule has 0 bridgehead atoms. The Morgan fingerprint density at radius 1 is 1.20 bits per heavy atom. The lowest BCUT2D eigenvalue weighted by Crippen LogP contribution is -2.13. The van der Waals surface area contributed by atoms with E-state index in [4.69, 9.17) is 11.6 Å². The molecule has 1 N–H and O–H groups in total. The Bertz CT molecular complexity index is 551. The Morgan fingerprint density at radius 3 is 2.45 bits per heavy atom. The number of aromatic nitrogens is 2. The molecule has 2 aromatic rings. The second kappa shape index (κ2) is 6.42. The van der Waals surface area contributed by atoms with Crippen molar-refractivity contribution in [1.29, 1.82) is 0 Å². The van der Waals surface area contributed by atoms with Crippen molar-refractivity contribution >= 4 is 11.6 Å². The van der Waals surface area contributed by atoms with E-state index in [1.807, 2.05) is 32.0 Å². The fourth-order valence-electron chi connectivity index (χ4n) is 2.44. The molecule has 0 saturated heterocycles. The molecule has 0 aliphatic heterocycles. The van der Waals surface area contributed by atoms with Crippen LogP contribution in [-0.4, -0.2) is 14.9 Å². The van der Waals surface area contributed by atoms with Crippen LogP contribution in [0.4, 0.5) is 0 Å². The third-order valence-electron chi connectivity index (χ3n) is 3.54. The van der Waals surface area contributed by atoms with Crippen molar-refractivity contribution < 1.29 is 5.11 Å². The Labute approximate surface area is 125 Å². The van der Waals surface area contributed by atoms with E-state index in [-0.39, 0.29) is 12.0 Å². The second-order valence-electron chi connectivity index (χ2n) is 5.48. The summed E-state index contributed by atoms with van der Waals surface area (Å²) in [7, 11) is 0. The molecule has 3 nitrogen and oxygen atoms in total. The van der Waals surface area contributed by atoms with Gasteiger partial charge in [0, 0.05) is 6.04 Å². The summed E-state index contributed by atoms with van der Waals surface area (Å²) in [6.45, 7) is 6.17. The van der Waals surface area contributed by atoms with Gasteiger partial charge in [-0.1, -0.05) is 48.9 Å². The zero-order chi connectivity index (χ0) is 14.7. The quantitative estimate of drug-likeness (QED) is 0.890. The number of nitrogens with zero attached hydrogens (tertiary/aromatic N) is 2. The van der Waals surface area contributed by atoms with E-state index in [1.165, 1.54) is 5.56 Å². The van der Waals surface area contributed by atoms with Crippen molar-refractivity contribution in [3.8, 4) is 0 Å². The maximum atomic E-state index is 10.5. The summed E-state index contributed by atoms with van der Waals surface area (Å²) in [6.07, 6.45) is 1.62. The van der Waals surface area contributed by atoms with Crippen LogP contribution in [-0.2, 0) is 0 Å². The van der Waals surface area contributed by atoms with Crippen molar-refractivity contribution in [2.45, 2.75) is 45.3 Å². The van der Waals surface area contributed by atoms with Crippen LogP contribution in [0.2, 0.25) is 5.02 Å². The number of rotatable bonds is 5. The van der Waals surface area contributed by atoms with Crippen LogP contribution in [0.25, 0.3) is 0 Å². The molecule has 2 atom stereocenters. The van der Waals surface area contributed by atoms with Gasteiger partial charge < -0.3 is 5.11 Å². The molecule has 0 radical (unpaired) electrons. The fourth-order valence-corrected chi connectivity index (χ4v) is 2.69. The zero-order valence-electron chi connectivity index (χ0n) is 12.1. The Balaban J connectivity index is 2.16. The molecule has 1 aromatic carbocycles. The molecule has 1 heterocycles. The van der Waals surface area contributed by atoms with Crippen LogP contribution in [0.15, 0.2) is 36.5 Å². The number of hydrogen-bond acceptors (Lipinski definition) is 2. The van der Waals surface area contributed by atoms with Crippen LogP contribution < -0.4 is 0 Å². The molecule has 1 aromatic heterocycles. The average Bonchev–Trinajstić information content (AvgIpc) is 2.81. The van der Waals surface area contributed by atoms with E-state index in [1.54, 1.807) is 10.9 Å². The zero-order valence-corrected chi connectivity index (χ0v) is 12.9. The maximum absolute atomic E-state index is 10.5. The third kappa shape index (κ3) is 3.22. The summed E-state index contributed by atoms with van der Waals surface area (Å²) in [5.74, 6) is 0.262. The van der Waals surface area contributed by atoms with Gasteiger partial charge in [0.25, 0.3) is 0 Å². The molecule has 0 spiro atoms. The van der Waals surface area contributed by atoms with Crippen molar-refractivity contribution in [2.24, 2.45) is 0 Å². The minimum atomic E-state index is -0.609. The van der Waals surface area contributed by atoms with Crippen molar-refractivity contribution in [1.82, 2.24) is 9.78 Å². The van der Waals surface area contributed by atoms with Gasteiger partial charge in [-0.15, -0.1) is 0 Å². The normalized spacial score (nSPS) is 14.5. The van der Waals surface area contributed by atoms with Gasteiger partial charge in [-0.3, -0.25) is 4.68 Å². The number of aliphatic hydroxyl groups excluding tert-OH is 1. The molecule has 2 unspecified atom stereocenters. The lowest BCUT2D eigenvalue weighted by Gasteiger charge is -2.20. The molecule has 0 amide bonds. The molecule has 2 rings (SSSR count). The lowest BCUT2D eigenvalue weighted by molar-refractivity contribution is 0.147. The predicted molar refractivity (Wildman–Crippen MR) is 82.1 cm³/mol. The highest BCUT2D eigenvalue weighted by Gasteiger charge is 2.22. The lowest BCUT2D eigenvalue weighted by atomic mass is 9.94. The first-order chi connectivity index (χ1) is 9.50. The Hall–Kier alpha value is -1.32. The SMILES string of the molecule is CC(CC(O)c1c(Cl)cnn1C(C)C)c1ccccc1. The molecule has 0 fully saturated rings. The van der Waals surface area contributed by atoms with Crippen LogP contribution in [0, 0.1) is 0 Å². The number of hydrogen-bond donors (Lipinski definition) is 1. The van der Waals surface area contributed by atoms with Crippen LogP contribution >= 0.6 is 11.6 Å². The van der Waals surface area contributed by atoms with E-state index < -0.39 is 6.10 Å². The molecule has 20 heavy (non-hydrogen) atoms. The number of aliphatic hydroxyl groups is 1. The Morgan fingerprint density at radius 2 is 1.85 bits per heavy atom. The first-order valence-corrected chi connectivity index (χ1v) is 7.34. The third-order valence-corrected chi connectivity index (χ3v) is 3.83. The van der Waals surface area contributed by atoms with E-state index in [9.17, 15) is 5.11 Å². The first-order valence-electron chi connectivity index (χ1n) is 6.96. The van der Waals surface area contributed by atoms with Crippen molar-refractivity contribution in [3.63, 3.8) is 0 Å². The molecule has 108 valence electrons. The smallest absolute Gasteiger partial charge is 0.0977 e. The van der Waals surface area contributed by atoms with Gasteiger partial charge in [0.1, 0.15) is 0 Å². The maximum Gasteiger partial charge on any atom is 0.0977 e. The standard InChI is InChI=1S/C16H21ClN2O/c1-11(2)19-16(14(17)10-18-19)15(20)9-12(3)13-7-5-4-6-8-13/h4-8,10-12,15,20H,9H2,1-3H3. The summed E-state index contributed by atoms with van der Waals surface area (Å²) in [6, 6.07) is 10.4. The fraction of sp³-hybridized carbons (Fsp3) is 0.438. The van der Waals surface area contributed by atoms with Crippen LogP contribution in [0.1, 0.15) is 56.5 Å². The van der Waals surface area contributed by atoms with Gasteiger partial charge in [0.15, 0.2) is 0 Å². The highest BCUT2D eigenvalue weighted by molar-refractivity contribution is 6.31. The van der Waals surface area contributed by atoms with E-state index in [0.29, 0.717) is 17.1 Å². The van der Waals surface area contributed by atoms with Crippen molar-refractivity contribution in [2.75, 3.05) is 0 Å². The van der Waals surface area contributed by atoms with Gasteiger partial charge >= 0.3 is 0 Å². The van der Waals surface area contributed by atoms with Crippen LogP contribution in [0.5, 0.6) is 0 Å². The summed E-state index contributed by atoms with van der Waals surface area (Å²) in [5, 5.41) is 15.3. The minimum absolute atomic E-state index is 0.180. The van der Waals surface area contributed by atoms with E-state index in [0.717, 1.165) is 0 Å². The predicted octanol–water partition coefficient (Wildman–Crippen LogP) is 4.34. The van der Waals surface area contributed by atoms with Gasteiger partial charge in [0.2, 0.25) is 0 Å². The molecule has 0 aliphatic carbocycles. The molecule has 0 saturated carbocycles. The highest BCUT2D eigenvalue weighted by atomic mass is 35.5. The van der Waals surface area contributed by atoms with E-state index in [2.05, 4.69) is 24.2 Å². The largest absolute Gasteiger partial charge is 0.387 e. The molecular formula is C16H21ClN2O. The number of halogens is 1. The summed E-state index contributed by atoms with van der Waals surface area (Å²) >= 11 is 6.17. The van der Waals surface area contributed by atoms with Gasteiger partial charge in [0.05, 0.1) is 23.0 Å². The minimum Gasteiger partial charge on any atom is -0.387 e. The molecule has 4 heteroatoms. The summed E-state index contributed by atoms with van der Waals surface area (Å²) < 4.78 is 1.80.